The molecule has 0 aromatic carbocycles. The van der Waals surface area contributed by atoms with Gasteiger partial charge in [-0.05, 0) is 37.0 Å². The standard InChI is InChI=1S/C16H32N2/c1-2-3-4-5-6-7-12-15(18-17)16-13-10-8-9-11-14(13)16/h13-16,18H,2-12,17H2,1H3. The molecule has 2 fully saturated rings. The molecule has 0 bridgehead atoms. The fraction of sp³-hybridized carbons (Fsp3) is 1.00. The molecule has 3 N–H and O–H groups in total. The summed E-state index contributed by atoms with van der Waals surface area (Å²) in [5.74, 6) is 8.76. The molecule has 2 heteroatoms. The van der Waals surface area contributed by atoms with Crippen molar-refractivity contribution in [3.8, 4) is 0 Å². The molecule has 18 heavy (non-hydrogen) atoms. The molecule has 2 saturated carbocycles. The summed E-state index contributed by atoms with van der Waals surface area (Å²) < 4.78 is 0. The van der Waals surface area contributed by atoms with Gasteiger partial charge in [0.1, 0.15) is 0 Å². The summed E-state index contributed by atoms with van der Waals surface area (Å²) in [5, 5.41) is 0. The Morgan fingerprint density at radius 1 is 1.00 bits per heavy atom. The van der Waals surface area contributed by atoms with Crippen molar-refractivity contribution in [3.63, 3.8) is 0 Å². The molecule has 0 amide bonds. The predicted molar refractivity (Wildman–Crippen MR) is 78.0 cm³/mol. The van der Waals surface area contributed by atoms with Gasteiger partial charge in [0.05, 0.1) is 0 Å². The van der Waals surface area contributed by atoms with Crippen molar-refractivity contribution in [3.05, 3.63) is 0 Å². The number of nitrogens with two attached hydrogens (primary N) is 1. The maximum atomic E-state index is 5.78. The van der Waals surface area contributed by atoms with Gasteiger partial charge in [-0.2, -0.15) is 0 Å². The van der Waals surface area contributed by atoms with Crippen LogP contribution in [0.4, 0.5) is 0 Å². The molecule has 3 atom stereocenters. The van der Waals surface area contributed by atoms with Gasteiger partial charge in [-0.3, -0.25) is 11.3 Å². The SMILES string of the molecule is CCCCCCCCC(NN)C1C2CCCCC21. The van der Waals surface area contributed by atoms with E-state index in [1.807, 2.05) is 0 Å². The number of hydrogen-bond acceptors (Lipinski definition) is 2. The Labute approximate surface area is 113 Å². The first kappa shape index (κ1) is 14.3. The van der Waals surface area contributed by atoms with Crippen LogP contribution in [0.1, 0.15) is 77.6 Å². The van der Waals surface area contributed by atoms with E-state index >= 15 is 0 Å². The lowest BCUT2D eigenvalue weighted by Crippen LogP contribution is -2.37. The third kappa shape index (κ3) is 3.71. The molecule has 2 aliphatic rings. The predicted octanol–water partition coefficient (Wildman–Crippen LogP) is 4.01. The summed E-state index contributed by atoms with van der Waals surface area (Å²) in [5.41, 5.74) is 3.12. The molecular formula is C16H32N2. The van der Waals surface area contributed by atoms with E-state index in [0.29, 0.717) is 6.04 Å². The first-order valence-corrected chi connectivity index (χ1v) is 8.34. The van der Waals surface area contributed by atoms with Crippen LogP contribution in [0.3, 0.4) is 0 Å². The Kier molecular flexibility index (Phi) is 5.97. The maximum absolute atomic E-state index is 5.78. The maximum Gasteiger partial charge on any atom is 0.0244 e. The number of nitrogens with one attached hydrogen (secondary N) is 1. The zero-order valence-electron chi connectivity index (χ0n) is 12.2. The highest BCUT2D eigenvalue weighted by Crippen LogP contribution is 2.57. The molecule has 0 radical (unpaired) electrons. The minimum Gasteiger partial charge on any atom is -0.271 e. The average molecular weight is 252 g/mol. The van der Waals surface area contributed by atoms with Crippen molar-refractivity contribution < 1.29 is 0 Å². The van der Waals surface area contributed by atoms with Crippen LogP contribution in [-0.4, -0.2) is 6.04 Å². The summed E-state index contributed by atoms with van der Waals surface area (Å²) in [4.78, 5) is 0. The Balaban J connectivity index is 1.58. The zero-order chi connectivity index (χ0) is 12.8. The van der Waals surface area contributed by atoms with Crippen molar-refractivity contribution >= 4 is 0 Å². The van der Waals surface area contributed by atoms with Gasteiger partial charge >= 0.3 is 0 Å². The molecule has 2 nitrogen and oxygen atoms in total. The molecular weight excluding hydrogens is 220 g/mol. The molecule has 2 aliphatic carbocycles. The fourth-order valence-corrected chi connectivity index (χ4v) is 4.18. The lowest BCUT2D eigenvalue weighted by Gasteiger charge is -2.16. The Bertz CT molecular complexity index is 217. The Hall–Kier alpha value is -0.0800. The highest BCUT2D eigenvalue weighted by Gasteiger charge is 2.53. The van der Waals surface area contributed by atoms with Crippen LogP contribution in [0.25, 0.3) is 0 Å². The molecule has 0 saturated heterocycles. The van der Waals surface area contributed by atoms with Crippen LogP contribution in [0.5, 0.6) is 0 Å². The van der Waals surface area contributed by atoms with Crippen LogP contribution in [0, 0.1) is 17.8 Å². The third-order valence-corrected chi connectivity index (χ3v) is 5.27. The minimum atomic E-state index is 0.615. The molecule has 0 spiro atoms. The lowest BCUT2D eigenvalue weighted by atomic mass is 10.0. The monoisotopic (exact) mass is 252 g/mol. The number of unbranched alkanes of at least 4 members (excludes halogenated alkanes) is 5. The second-order valence-electron chi connectivity index (χ2n) is 6.52. The van der Waals surface area contributed by atoms with Gasteiger partial charge in [-0.25, -0.2) is 0 Å². The Morgan fingerprint density at radius 3 is 2.22 bits per heavy atom. The number of rotatable bonds is 9. The minimum absolute atomic E-state index is 0.615. The van der Waals surface area contributed by atoms with Crippen LogP contribution in [-0.2, 0) is 0 Å². The van der Waals surface area contributed by atoms with E-state index in [-0.39, 0.29) is 0 Å². The van der Waals surface area contributed by atoms with E-state index in [1.165, 1.54) is 70.6 Å². The van der Waals surface area contributed by atoms with Gasteiger partial charge in [-0.15, -0.1) is 0 Å². The quantitative estimate of drug-likeness (QED) is 0.370. The number of hydrogen-bond donors (Lipinski definition) is 2. The van der Waals surface area contributed by atoms with E-state index in [2.05, 4.69) is 12.3 Å². The van der Waals surface area contributed by atoms with Gasteiger partial charge in [0.25, 0.3) is 0 Å². The zero-order valence-corrected chi connectivity index (χ0v) is 12.2. The summed E-state index contributed by atoms with van der Waals surface area (Å²) in [6.07, 6.45) is 15.6. The van der Waals surface area contributed by atoms with E-state index < -0.39 is 0 Å². The topological polar surface area (TPSA) is 38.0 Å². The number of hydrazine groups is 1. The van der Waals surface area contributed by atoms with Gasteiger partial charge < -0.3 is 0 Å². The van der Waals surface area contributed by atoms with Gasteiger partial charge in [-0.1, -0.05) is 58.3 Å². The molecule has 0 heterocycles. The van der Waals surface area contributed by atoms with Crippen molar-refractivity contribution in [2.24, 2.45) is 23.6 Å². The summed E-state index contributed by atoms with van der Waals surface area (Å²) in [6, 6.07) is 0.615. The molecule has 3 unspecified atom stereocenters. The van der Waals surface area contributed by atoms with Crippen LogP contribution < -0.4 is 11.3 Å². The van der Waals surface area contributed by atoms with Crippen molar-refractivity contribution in [1.29, 1.82) is 0 Å². The van der Waals surface area contributed by atoms with Gasteiger partial charge in [0.2, 0.25) is 0 Å². The Morgan fingerprint density at radius 2 is 1.61 bits per heavy atom. The van der Waals surface area contributed by atoms with Gasteiger partial charge in [0, 0.05) is 6.04 Å². The van der Waals surface area contributed by atoms with E-state index in [4.69, 9.17) is 5.84 Å². The second-order valence-corrected chi connectivity index (χ2v) is 6.52. The molecule has 0 aliphatic heterocycles. The highest BCUT2D eigenvalue weighted by atomic mass is 15.2. The summed E-state index contributed by atoms with van der Waals surface area (Å²) in [7, 11) is 0. The lowest BCUT2D eigenvalue weighted by molar-refractivity contribution is 0.396. The second kappa shape index (κ2) is 7.49. The van der Waals surface area contributed by atoms with Crippen LogP contribution in [0.2, 0.25) is 0 Å². The first-order chi connectivity index (χ1) is 8.88. The largest absolute Gasteiger partial charge is 0.271 e. The van der Waals surface area contributed by atoms with Crippen LogP contribution in [0.15, 0.2) is 0 Å². The highest BCUT2D eigenvalue weighted by molar-refractivity contribution is 5.03. The smallest absolute Gasteiger partial charge is 0.0244 e. The van der Waals surface area contributed by atoms with Crippen LogP contribution >= 0.6 is 0 Å². The molecule has 0 aromatic heterocycles. The average Bonchev–Trinajstić information content (AvgIpc) is 3.13. The van der Waals surface area contributed by atoms with Crippen molar-refractivity contribution in [2.75, 3.05) is 0 Å². The molecule has 0 aromatic rings. The number of fused-ring (bicyclic) bond motifs is 1. The van der Waals surface area contributed by atoms with E-state index in [1.54, 1.807) is 0 Å². The summed E-state index contributed by atoms with van der Waals surface area (Å²) in [6.45, 7) is 2.28. The molecule has 2 rings (SSSR count). The van der Waals surface area contributed by atoms with Crippen molar-refractivity contribution in [2.45, 2.75) is 83.6 Å². The van der Waals surface area contributed by atoms with E-state index in [9.17, 15) is 0 Å². The fourth-order valence-electron chi connectivity index (χ4n) is 4.18. The van der Waals surface area contributed by atoms with E-state index in [0.717, 1.165) is 17.8 Å². The normalized spacial score (nSPS) is 32.0. The van der Waals surface area contributed by atoms with Crippen molar-refractivity contribution in [1.82, 2.24) is 5.43 Å². The first-order valence-electron chi connectivity index (χ1n) is 8.34. The third-order valence-electron chi connectivity index (χ3n) is 5.27. The van der Waals surface area contributed by atoms with Gasteiger partial charge in [0.15, 0.2) is 0 Å². The summed E-state index contributed by atoms with van der Waals surface area (Å²) >= 11 is 0. The molecule has 106 valence electrons.